The summed E-state index contributed by atoms with van der Waals surface area (Å²) in [5.74, 6) is 0.665. The van der Waals surface area contributed by atoms with E-state index in [9.17, 15) is 0 Å². The smallest absolute Gasteiger partial charge is 0.0659 e. The van der Waals surface area contributed by atoms with Gasteiger partial charge in [-0.1, -0.05) is 30.3 Å². The molecule has 1 fully saturated rings. The molecule has 2 aromatic rings. The van der Waals surface area contributed by atoms with Crippen LogP contribution < -0.4 is 5.32 Å². The Bertz CT molecular complexity index is 532. The molecule has 0 aliphatic carbocycles. The fraction of sp³-hybridized carbons (Fsp3) is 0.471. The average Bonchev–Trinajstić information content (AvgIpc) is 2.97. The van der Waals surface area contributed by atoms with Crippen molar-refractivity contribution in [1.82, 2.24) is 15.1 Å². The highest BCUT2D eigenvalue weighted by atomic mass is 16.5. The first-order valence-corrected chi connectivity index (χ1v) is 7.74. The highest BCUT2D eigenvalue weighted by Gasteiger charge is 2.13. The van der Waals surface area contributed by atoms with Crippen LogP contribution >= 0.6 is 0 Å². The van der Waals surface area contributed by atoms with Crippen LogP contribution in [0.3, 0.4) is 0 Å². The van der Waals surface area contributed by atoms with Gasteiger partial charge in [0.15, 0.2) is 0 Å². The van der Waals surface area contributed by atoms with Crippen LogP contribution in [0.25, 0.3) is 0 Å². The van der Waals surface area contributed by atoms with Crippen LogP contribution in [-0.4, -0.2) is 29.5 Å². The van der Waals surface area contributed by atoms with E-state index in [0.717, 1.165) is 32.8 Å². The second kappa shape index (κ2) is 7.38. The lowest BCUT2D eigenvalue weighted by atomic mass is 10.0. The molecule has 2 heterocycles. The van der Waals surface area contributed by atoms with Crippen molar-refractivity contribution in [2.45, 2.75) is 25.9 Å². The molecule has 1 aliphatic heterocycles. The van der Waals surface area contributed by atoms with Crippen LogP contribution in [0.1, 0.15) is 24.0 Å². The predicted molar refractivity (Wildman–Crippen MR) is 83.0 cm³/mol. The summed E-state index contributed by atoms with van der Waals surface area (Å²) in [4.78, 5) is 0. The number of benzene rings is 1. The molecule has 1 N–H and O–H groups in total. The average molecular weight is 285 g/mol. The van der Waals surface area contributed by atoms with Crippen LogP contribution in [0, 0.1) is 5.92 Å². The van der Waals surface area contributed by atoms with E-state index >= 15 is 0 Å². The molecule has 1 saturated heterocycles. The summed E-state index contributed by atoms with van der Waals surface area (Å²) in [6, 6.07) is 10.4. The Hall–Kier alpha value is -1.65. The summed E-state index contributed by atoms with van der Waals surface area (Å²) in [5, 5.41) is 7.94. The van der Waals surface area contributed by atoms with E-state index in [1.165, 1.54) is 24.0 Å². The first-order chi connectivity index (χ1) is 10.4. The minimum atomic E-state index is 0.665. The molecule has 21 heavy (non-hydrogen) atoms. The van der Waals surface area contributed by atoms with Crippen LogP contribution in [0.2, 0.25) is 0 Å². The monoisotopic (exact) mass is 285 g/mol. The van der Waals surface area contributed by atoms with Gasteiger partial charge in [-0.2, -0.15) is 5.10 Å². The number of ether oxygens (including phenoxy) is 1. The summed E-state index contributed by atoms with van der Waals surface area (Å²) in [7, 11) is 0. The number of hydrogen-bond donors (Lipinski definition) is 1. The molecule has 0 spiro atoms. The topological polar surface area (TPSA) is 39.1 Å². The predicted octanol–water partition coefficient (Wildman–Crippen LogP) is 2.45. The van der Waals surface area contributed by atoms with E-state index in [1.54, 1.807) is 0 Å². The zero-order chi connectivity index (χ0) is 14.3. The van der Waals surface area contributed by atoms with Crippen LogP contribution in [0.4, 0.5) is 0 Å². The summed E-state index contributed by atoms with van der Waals surface area (Å²) in [5.41, 5.74) is 2.52. The van der Waals surface area contributed by atoms with Crippen molar-refractivity contribution in [2.75, 3.05) is 19.8 Å². The molecule has 3 rings (SSSR count). The zero-order valence-corrected chi connectivity index (χ0v) is 12.4. The molecule has 1 aromatic heterocycles. The Kier molecular flexibility index (Phi) is 5.03. The summed E-state index contributed by atoms with van der Waals surface area (Å²) in [6.07, 6.45) is 6.55. The molecule has 112 valence electrons. The first kappa shape index (κ1) is 14.3. The number of aromatic nitrogens is 2. The highest BCUT2D eigenvalue weighted by Crippen LogP contribution is 2.12. The molecule has 4 heteroatoms. The Morgan fingerprint density at radius 3 is 2.95 bits per heavy atom. The lowest BCUT2D eigenvalue weighted by Gasteiger charge is -2.22. The van der Waals surface area contributed by atoms with Gasteiger partial charge >= 0.3 is 0 Å². The molecule has 0 amide bonds. The third kappa shape index (κ3) is 4.41. The Balaban J connectivity index is 1.44. The van der Waals surface area contributed by atoms with Gasteiger partial charge in [0, 0.05) is 31.5 Å². The molecular formula is C17H23N3O. The maximum absolute atomic E-state index is 5.50. The molecule has 0 saturated carbocycles. The van der Waals surface area contributed by atoms with Crippen LogP contribution in [0.5, 0.6) is 0 Å². The normalized spacial score (nSPS) is 18.8. The number of hydrogen-bond acceptors (Lipinski definition) is 3. The van der Waals surface area contributed by atoms with Gasteiger partial charge in [-0.3, -0.25) is 4.68 Å². The van der Waals surface area contributed by atoms with Gasteiger partial charge in [0.2, 0.25) is 0 Å². The van der Waals surface area contributed by atoms with E-state index in [4.69, 9.17) is 4.74 Å². The lowest BCUT2D eigenvalue weighted by molar-refractivity contribution is 0.0547. The van der Waals surface area contributed by atoms with Crippen molar-refractivity contribution in [1.29, 1.82) is 0 Å². The zero-order valence-electron chi connectivity index (χ0n) is 12.4. The van der Waals surface area contributed by atoms with Crippen molar-refractivity contribution in [3.8, 4) is 0 Å². The molecule has 0 bridgehead atoms. The Morgan fingerprint density at radius 1 is 1.24 bits per heavy atom. The summed E-state index contributed by atoms with van der Waals surface area (Å²) in [6.45, 7) is 4.58. The number of nitrogens with zero attached hydrogens (tertiary/aromatic N) is 2. The fourth-order valence-electron chi connectivity index (χ4n) is 2.74. The van der Waals surface area contributed by atoms with Crippen LogP contribution in [0.15, 0.2) is 42.7 Å². The van der Waals surface area contributed by atoms with E-state index < -0.39 is 0 Å². The minimum absolute atomic E-state index is 0.665. The molecule has 1 atom stereocenters. The van der Waals surface area contributed by atoms with Crippen LogP contribution in [-0.2, 0) is 17.8 Å². The lowest BCUT2D eigenvalue weighted by Crippen LogP contribution is -2.28. The van der Waals surface area contributed by atoms with Gasteiger partial charge in [0.1, 0.15) is 0 Å². The second-order valence-electron chi connectivity index (χ2n) is 5.75. The molecule has 1 aromatic carbocycles. The maximum Gasteiger partial charge on any atom is 0.0659 e. The SMILES string of the molecule is c1ccc(Cn2cc(CNCC3CCCOC3)cn2)cc1. The van der Waals surface area contributed by atoms with Crippen molar-refractivity contribution in [3.63, 3.8) is 0 Å². The van der Waals surface area contributed by atoms with Gasteiger partial charge in [0.05, 0.1) is 19.3 Å². The van der Waals surface area contributed by atoms with Crippen molar-refractivity contribution in [2.24, 2.45) is 5.92 Å². The molecular weight excluding hydrogens is 262 g/mol. The van der Waals surface area contributed by atoms with E-state index in [-0.39, 0.29) is 0 Å². The van der Waals surface area contributed by atoms with Gasteiger partial charge in [-0.05, 0) is 24.3 Å². The maximum atomic E-state index is 5.50. The molecule has 4 nitrogen and oxygen atoms in total. The first-order valence-electron chi connectivity index (χ1n) is 7.74. The Labute approximate surface area is 126 Å². The number of rotatable bonds is 6. The summed E-state index contributed by atoms with van der Waals surface area (Å²) < 4.78 is 7.49. The van der Waals surface area contributed by atoms with Gasteiger partial charge in [-0.15, -0.1) is 0 Å². The van der Waals surface area contributed by atoms with Gasteiger partial charge in [0.25, 0.3) is 0 Å². The van der Waals surface area contributed by atoms with Crippen molar-refractivity contribution >= 4 is 0 Å². The van der Waals surface area contributed by atoms with Crippen molar-refractivity contribution < 1.29 is 4.74 Å². The van der Waals surface area contributed by atoms with Crippen molar-refractivity contribution in [3.05, 3.63) is 53.9 Å². The molecule has 0 radical (unpaired) electrons. The summed E-state index contributed by atoms with van der Waals surface area (Å²) >= 11 is 0. The van der Waals surface area contributed by atoms with Gasteiger partial charge in [-0.25, -0.2) is 0 Å². The Morgan fingerprint density at radius 2 is 2.14 bits per heavy atom. The van der Waals surface area contributed by atoms with E-state index in [2.05, 4.69) is 40.9 Å². The fourth-order valence-corrected chi connectivity index (χ4v) is 2.74. The minimum Gasteiger partial charge on any atom is -0.381 e. The third-order valence-corrected chi connectivity index (χ3v) is 3.89. The quantitative estimate of drug-likeness (QED) is 0.886. The second-order valence-corrected chi connectivity index (χ2v) is 5.75. The number of nitrogens with one attached hydrogen (secondary N) is 1. The molecule has 1 aliphatic rings. The third-order valence-electron chi connectivity index (χ3n) is 3.89. The van der Waals surface area contributed by atoms with E-state index in [0.29, 0.717) is 5.92 Å². The van der Waals surface area contributed by atoms with Gasteiger partial charge < -0.3 is 10.1 Å². The molecule has 1 unspecified atom stereocenters. The standard InChI is InChI=1S/C17H23N3O/c1-2-5-15(6-3-1)12-20-13-17(11-19-20)10-18-9-16-7-4-8-21-14-16/h1-3,5-6,11,13,16,18H,4,7-10,12,14H2. The highest BCUT2D eigenvalue weighted by molar-refractivity contribution is 5.15. The van der Waals surface area contributed by atoms with E-state index in [1.807, 2.05) is 16.9 Å². The largest absolute Gasteiger partial charge is 0.381 e.